The molecule has 4 heteroatoms. The molecule has 0 aromatic rings. The van der Waals surface area contributed by atoms with Crippen molar-refractivity contribution in [3.8, 4) is 0 Å². The summed E-state index contributed by atoms with van der Waals surface area (Å²) < 4.78 is 4.58. The fraction of sp³-hybridized carbons (Fsp3) is 0.333. The summed E-state index contributed by atoms with van der Waals surface area (Å²) in [5, 5.41) is 8.60. The van der Waals surface area contributed by atoms with Crippen molar-refractivity contribution >= 4 is 11.9 Å². The van der Waals surface area contributed by atoms with Gasteiger partial charge in [-0.05, 0) is 6.92 Å². The van der Waals surface area contributed by atoms with Crippen molar-refractivity contribution in [3.63, 3.8) is 0 Å². The van der Waals surface area contributed by atoms with Crippen LogP contribution in [0, 0.1) is 5.92 Å². The van der Waals surface area contributed by atoms with E-state index < -0.39 is 17.9 Å². The number of hydrogen-bond donors (Lipinski definition) is 1. The molecule has 1 unspecified atom stereocenters. The Bertz CT molecular complexity index is 230. The van der Waals surface area contributed by atoms with E-state index in [-0.39, 0.29) is 6.61 Å². The van der Waals surface area contributed by atoms with Gasteiger partial charge in [-0.1, -0.05) is 24.8 Å². The molecule has 0 aromatic heterocycles. The van der Waals surface area contributed by atoms with Gasteiger partial charge in [-0.3, -0.25) is 9.59 Å². The Morgan fingerprint density at radius 1 is 1.62 bits per heavy atom. The number of aliphatic carboxylic acids is 1. The van der Waals surface area contributed by atoms with E-state index in [4.69, 9.17) is 5.11 Å². The van der Waals surface area contributed by atoms with Crippen molar-refractivity contribution in [1.82, 2.24) is 0 Å². The highest BCUT2D eigenvalue weighted by atomic mass is 16.5. The summed E-state index contributed by atoms with van der Waals surface area (Å²) in [6.07, 6.45) is 4.15. The number of esters is 1. The van der Waals surface area contributed by atoms with E-state index in [2.05, 4.69) is 11.3 Å². The van der Waals surface area contributed by atoms with Crippen molar-refractivity contribution in [1.29, 1.82) is 0 Å². The van der Waals surface area contributed by atoms with E-state index in [0.717, 1.165) is 0 Å². The lowest BCUT2D eigenvalue weighted by Gasteiger charge is -2.05. The molecule has 0 aromatic carbocycles. The fourth-order valence-corrected chi connectivity index (χ4v) is 0.685. The maximum absolute atomic E-state index is 11.0. The van der Waals surface area contributed by atoms with Crippen LogP contribution >= 0.6 is 0 Å². The number of allylic oxidation sites excluding steroid dienone is 1. The van der Waals surface area contributed by atoms with Gasteiger partial charge < -0.3 is 9.84 Å². The number of ether oxygens (including phenoxy) is 1. The molecule has 0 spiro atoms. The third-order valence-electron chi connectivity index (χ3n) is 1.25. The summed E-state index contributed by atoms with van der Waals surface area (Å²) in [6, 6.07) is 0. The summed E-state index contributed by atoms with van der Waals surface area (Å²) in [5.74, 6) is -3.21. The molecule has 0 aliphatic heterocycles. The highest BCUT2D eigenvalue weighted by molar-refractivity contribution is 5.96. The maximum atomic E-state index is 11.0. The van der Waals surface area contributed by atoms with Crippen molar-refractivity contribution in [2.45, 2.75) is 6.92 Å². The van der Waals surface area contributed by atoms with Crippen molar-refractivity contribution in [2.75, 3.05) is 6.61 Å². The number of carboxylic acid groups (broad SMARTS) is 1. The third-order valence-corrected chi connectivity index (χ3v) is 1.25. The van der Waals surface area contributed by atoms with Gasteiger partial charge in [0.05, 0.1) is 0 Å². The molecule has 4 nitrogen and oxygen atoms in total. The first-order valence-corrected chi connectivity index (χ1v) is 3.76. The molecule has 0 saturated heterocycles. The normalized spacial score (nSPS) is 12.4. The second-order valence-corrected chi connectivity index (χ2v) is 2.26. The minimum absolute atomic E-state index is 0.0279. The quantitative estimate of drug-likeness (QED) is 0.393. The van der Waals surface area contributed by atoms with Crippen LogP contribution in [0.15, 0.2) is 24.8 Å². The molecule has 0 saturated carbocycles. The molecule has 0 amide bonds. The lowest BCUT2D eigenvalue weighted by atomic mass is 10.1. The number of rotatable bonds is 5. The van der Waals surface area contributed by atoms with Gasteiger partial charge in [-0.2, -0.15) is 0 Å². The number of carbonyl (C=O) groups excluding carboxylic acids is 1. The van der Waals surface area contributed by atoms with E-state index in [0.29, 0.717) is 0 Å². The van der Waals surface area contributed by atoms with Gasteiger partial charge in [0.1, 0.15) is 6.61 Å². The molecule has 0 heterocycles. The number of hydrogen-bond acceptors (Lipinski definition) is 3. The van der Waals surface area contributed by atoms with Crippen LogP contribution in [0.3, 0.4) is 0 Å². The van der Waals surface area contributed by atoms with E-state index >= 15 is 0 Å². The average Bonchev–Trinajstić information content (AvgIpc) is 2.09. The van der Waals surface area contributed by atoms with Gasteiger partial charge in [0, 0.05) is 0 Å². The molecule has 13 heavy (non-hydrogen) atoms. The van der Waals surface area contributed by atoms with E-state index in [9.17, 15) is 9.59 Å². The van der Waals surface area contributed by atoms with Crippen LogP contribution in [0.4, 0.5) is 0 Å². The Hall–Kier alpha value is -1.58. The van der Waals surface area contributed by atoms with Gasteiger partial charge in [-0.15, -0.1) is 0 Å². The SMILES string of the molecule is C=CCOC(=O)C(/C=C/C)C(=O)O. The first kappa shape index (κ1) is 11.4. The van der Waals surface area contributed by atoms with Crippen molar-refractivity contribution < 1.29 is 19.4 Å². The molecule has 0 rings (SSSR count). The van der Waals surface area contributed by atoms with Crippen molar-refractivity contribution in [3.05, 3.63) is 24.8 Å². The van der Waals surface area contributed by atoms with E-state index in [1.165, 1.54) is 18.2 Å². The predicted octanol–water partition coefficient (Wildman–Crippen LogP) is 0.992. The molecule has 0 aliphatic rings. The van der Waals surface area contributed by atoms with E-state index in [1.54, 1.807) is 6.92 Å². The van der Waals surface area contributed by atoms with Gasteiger partial charge in [-0.25, -0.2) is 0 Å². The molecule has 0 aliphatic carbocycles. The summed E-state index contributed by atoms with van der Waals surface area (Å²) >= 11 is 0. The average molecular weight is 184 g/mol. The topological polar surface area (TPSA) is 63.6 Å². The van der Waals surface area contributed by atoms with Crippen LogP contribution in [0.1, 0.15) is 6.92 Å². The summed E-state index contributed by atoms with van der Waals surface area (Å²) in [6.45, 7) is 5.00. The number of carboxylic acids is 1. The summed E-state index contributed by atoms with van der Waals surface area (Å²) in [7, 11) is 0. The Labute approximate surface area is 76.5 Å². The Morgan fingerprint density at radius 2 is 2.23 bits per heavy atom. The second-order valence-electron chi connectivity index (χ2n) is 2.26. The van der Waals surface area contributed by atoms with Crippen LogP contribution in [-0.2, 0) is 14.3 Å². The smallest absolute Gasteiger partial charge is 0.324 e. The summed E-state index contributed by atoms with van der Waals surface area (Å²) in [5.41, 5.74) is 0. The first-order valence-electron chi connectivity index (χ1n) is 3.76. The largest absolute Gasteiger partial charge is 0.480 e. The lowest BCUT2D eigenvalue weighted by molar-refractivity contribution is -0.155. The zero-order valence-corrected chi connectivity index (χ0v) is 7.40. The van der Waals surface area contributed by atoms with Crippen LogP contribution in [0.25, 0.3) is 0 Å². The van der Waals surface area contributed by atoms with Gasteiger partial charge in [0.2, 0.25) is 0 Å². The molecule has 0 fully saturated rings. The molecular weight excluding hydrogens is 172 g/mol. The van der Waals surface area contributed by atoms with Gasteiger partial charge >= 0.3 is 11.9 Å². The number of carbonyl (C=O) groups is 2. The van der Waals surface area contributed by atoms with Gasteiger partial charge in [0.15, 0.2) is 5.92 Å². The highest BCUT2D eigenvalue weighted by Gasteiger charge is 2.23. The predicted molar refractivity (Wildman–Crippen MR) is 47.1 cm³/mol. The molecule has 1 atom stereocenters. The molecule has 72 valence electrons. The molecule has 1 N–H and O–H groups in total. The van der Waals surface area contributed by atoms with Crippen LogP contribution in [0.2, 0.25) is 0 Å². The minimum atomic E-state index is -1.22. The highest BCUT2D eigenvalue weighted by Crippen LogP contribution is 2.02. The Balaban J connectivity index is 4.28. The Morgan fingerprint density at radius 3 is 2.62 bits per heavy atom. The third kappa shape index (κ3) is 4.10. The summed E-state index contributed by atoms with van der Waals surface area (Å²) in [4.78, 5) is 21.5. The zero-order chi connectivity index (χ0) is 10.3. The zero-order valence-electron chi connectivity index (χ0n) is 7.40. The van der Waals surface area contributed by atoms with Crippen LogP contribution in [-0.4, -0.2) is 23.7 Å². The molecule has 0 bridgehead atoms. The first-order chi connectivity index (χ1) is 6.13. The minimum Gasteiger partial charge on any atom is -0.480 e. The lowest BCUT2D eigenvalue weighted by Crippen LogP contribution is -2.24. The molecule has 0 radical (unpaired) electrons. The maximum Gasteiger partial charge on any atom is 0.324 e. The second kappa shape index (κ2) is 5.99. The van der Waals surface area contributed by atoms with Crippen LogP contribution < -0.4 is 0 Å². The fourth-order valence-electron chi connectivity index (χ4n) is 0.685. The monoisotopic (exact) mass is 184 g/mol. The Kier molecular flexibility index (Phi) is 5.27. The van der Waals surface area contributed by atoms with Gasteiger partial charge in [0.25, 0.3) is 0 Å². The molecular formula is C9H12O4. The van der Waals surface area contributed by atoms with Crippen molar-refractivity contribution in [2.24, 2.45) is 5.92 Å². The standard InChI is InChI=1S/C9H12O4/c1-3-5-7(8(10)11)9(12)13-6-4-2/h3-5,7H,2,6H2,1H3,(H,10,11)/b5-3+. The van der Waals surface area contributed by atoms with E-state index in [1.807, 2.05) is 0 Å². The van der Waals surface area contributed by atoms with Crippen LogP contribution in [0.5, 0.6) is 0 Å².